The van der Waals surface area contributed by atoms with Crippen LogP contribution in [0.5, 0.6) is 5.75 Å². The predicted octanol–water partition coefficient (Wildman–Crippen LogP) is 7.98. The standard InChI is InChI=1S/C27H37FO3/c1-3-5-7-8-9-11-19-31-26-18-17-23(20-25(26)28)21-13-15-22(16-14-21)24(27(29)30)12-10-6-4-2/h13-18,20,24H,3-12,19H2,1-2H3,(H,29,30). The lowest BCUT2D eigenvalue weighted by atomic mass is 9.92. The number of rotatable bonds is 15. The molecule has 1 unspecified atom stereocenters. The van der Waals surface area contributed by atoms with Gasteiger partial charge in [-0.15, -0.1) is 0 Å². The molecule has 31 heavy (non-hydrogen) atoms. The van der Waals surface area contributed by atoms with E-state index in [1.54, 1.807) is 6.07 Å². The van der Waals surface area contributed by atoms with Gasteiger partial charge >= 0.3 is 5.97 Å². The van der Waals surface area contributed by atoms with Crippen molar-refractivity contribution in [3.63, 3.8) is 0 Å². The first-order valence-electron chi connectivity index (χ1n) is 11.8. The first-order chi connectivity index (χ1) is 15.1. The second-order valence-corrected chi connectivity index (χ2v) is 8.27. The molecule has 0 amide bonds. The largest absolute Gasteiger partial charge is 0.491 e. The van der Waals surface area contributed by atoms with Gasteiger partial charge in [-0.2, -0.15) is 0 Å². The summed E-state index contributed by atoms with van der Waals surface area (Å²) in [6.45, 7) is 4.84. The van der Waals surface area contributed by atoms with Gasteiger partial charge < -0.3 is 9.84 Å². The van der Waals surface area contributed by atoms with E-state index in [2.05, 4.69) is 13.8 Å². The van der Waals surface area contributed by atoms with Crippen LogP contribution >= 0.6 is 0 Å². The third kappa shape index (κ3) is 8.35. The van der Waals surface area contributed by atoms with E-state index in [9.17, 15) is 14.3 Å². The zero-order valence-corrected chi connectivity index (χ0v) is 19.0. The lowest BCUT2D eigenvalue weighted by molar-refractivity contribution is -0.139. The van der Waals surface area contributed by atoms with Crippen LogP contribution in [0.2, 0.25) is 0 Å². The highest BCUT2D eigenvalue weighted by atomic mass is 19.1. The van der Waals surface area contributed by atoms with Crippen molar-refractivity contribution in [2.45, 2.75) is 84.0 Å². The maximum absolute atomic E-state index is 14.5. The van der Waals surface area contributed by atoms with Gasteiger partial charge in [-0.1, -0.05) is 95.5 Å². The van der Waals surface area contributed by atoms with Crippen LogP contribution in [0.15, 0.2) is 42.5 Å². The van der Waals surface area contributed by atoms with Gasteiger partial charge in [0.05, 0.1) is 12.5 Å². The molecule has 0 spiro atoms. The van der Waals surface area contributed by atoms with E-state index < -0.39 is 11.9 Å². The Hall–Kier alpha value is -2.36. The van der Waals surface area contributed by atoms with Crippen molar-refractivity contribution in [1.29, 1.82) is 0 Å². The second kappa shape index (κ2) is 13.8. The molecule has 4 heteroatoms. The summed E-state index contributed by atoms with van der Waals surface area (Å²) < 4.78 is 20.1. The SMILES string of the molecule is CCCCCCCCOc1ccc(-c2ccc(C(CCCCC)C(=O)O)cc2)cc1F. The third-order valence-corrected chi connectivity index (χ3v) is 5.73. The summed E-state index contributed by atoms with van der Waals surface area (Å²) in [6, 6.07) is 12.5. The summed E-state index contributed by atoms with van der Waals surface area (Å²) in [6.07, 6.45) is 10.7. The molecule has 0 saturated heterocycles. The van der Waals surface area contributed by atoms with Crippen molar-refractivity contribution in [3.8, 4) is 16.9 Å². The minimum absolute atomic E-state index is 0.288. The summed E-state index contributed by atoms with van der Waals surface area (Å²) in [7, 11) is 0. The van der Waals surface area contributed by atoms with E-state index >= 15 is 0 Å². The maximum atomic E-state index is 14.5. The molecule has 0 radical (unpaired) electrons. The smallest absolute Gasteiger partial charge is 0.310 e. The minimum atomic E-state index is -0.790. The fraction of sp³-hybridized carbons (Fsp3) is 0.519. The second-order valence-electron chi connectivity index (χ2n) is 8.27. The Morgan fingerprint density at radius 3 is 2.13 bits per heavy atom. The highest BCUT2D eigenvalue weighted by molar-refractivity contribution is 5.76. The van der Waals surface area contributed by atoms with Crippen LogP contribution in [-0.4, -0.2) is 17.7 Å². The lowest BCUT2D eigenvalue weighted by Crippen LogP contribution is -2.11. The number of carboxylic acids is 1. The minimum Gasteiger partial charge on any atom is -0.491 e. The molecule has 0 bridgehead atoms. The summed E-state index contributed by atoms with van der Waals surface area (Å²) in [4.78, 5) is 11.6. The average Bonchev–Trinajstić information content (AvgIpc) is 2.77. The van der Waals surface area contributed by atoms with Crippen molar-refractivity contribution in [3.05, 3.63) is 53.8 Å². The Kier molecular flexibility index (Phi) is 11.1. The molecule has 2 aromatic rings. The number of hydrogen-bond acceptors (Lipinski definition) is 2. The van der Waals surface area contributed by atoms with Crippen LogP contribution < -0.4 is 4.74 Å². The van der Waals surface area contributed by atoms with Crippen LogP contribution in [-0.2, 0) is 4.79 Å². The predicted molar refractivity (Wildman–Crippen MR) is 125 cm³/mol. The molecule has 170 valence electrons. The van der Waals surface area contributed by atoms with Gasteiger partial charge in [0.1, 0.15) is 0 Å². The zero-order chi connectivity index (χ0) is 22.5. The molecule has 0 aliphatic carbocycles. The third-order valence-electron chi connectivity index (χ3n) is 5.73. The number of benzene rings is 2. The van der Waals surface area contributed by atoms with Gasteiger partial charge in [0.25, 0.3) is 0 Å². The van der Waals surface area contributed by atoms with Crippen molar-refractivity contribution in [1.82, 2.24) is 0 Å². The van der Waals surface area contributed by atoms with Crippen LogP contribution in [0.25, 0.3) is 11.1 Å². The lowest BCUT2D eigenvalue weighted by Gasteiger charge is -2.13. The number of carbonyl (C=O) groups is 1. The van der Waals surface area contributed by atoms with Crippen LogP contribution in [0.3, 0.4) is 0 Å². The monoisotopic (exact) mass is 428 g/mol. The molecule has 0 aliphatic rings. The normalized spacial score (nSPS) is 12.0. The van der Waals surface area contributed by atoms with Gasteiger partial charge in [0.15, 0.2) is 11.6 Å². The van der Waals surface area contributed by atoms with Crippen molar-refractivity contribution >= 4 is 5.97 Å². The molecule has 3 nitrogen and oxygen atoms in total. The van der Waals surface area contributed by atoms with Gasteiger partial charge in [0.2, 0.25) is 0 Å². The summed E-state index contributed by atoms with van der Waals surface area (Å²) in [5.74, 6) is -1.36. The van der Waals surface area contributed by atoms with E-state index in [0.29, 0.717) is 13.0 Å². The number of ether oxygens (including phenoxy) is 1. The molecule has 2 aromatic carbocycles. The fourth-order valence-electron chi connectivity index (χ4n) is 3.80. The van der Waals surface area contributed by atoms with Gasteiger partial charge in [-0.3, -0.25) is 4.79 Å². The van der Waals surface area contributed by atoms with Crippen molar-refractivity contribution in [2.24, 2.45) is 0 Å². The Morgan fingerprint density at radius 1 is 0.871 bits per heavy atom. The van der Waals surface area contributed by atoms with Gasteiger partial charge in [-0.05, 0) is 41.7 Å². The van der Waals surface area contributed by atoms with Gasteiger partial charge in [0, 0.05) is 0 Å². The molecule has 0 heterocycles. The first kappa shape index (κ1) is 24.9. The van der Waals surface area contributed by atoms with Crippen molar-refractivity contribution < 1.29 is 19.0 Å². The fourth-order valence-corrected chi connectivity index (χ4v) is 3.80. The molecular weight excluding hydrogens is 391 g/mol. The highest BCUT2D eigenvalue weighted by Gasteiger charge is 2.19. The van der Waals surface area contributed by atoms with E-state index in [0.717, 1.165) is 48.8 Å². The van der Waals surface area contributed by atoms with Crippen molar-refractivity contribution in [2.75, 3.05) is 6.61 Å². The molecule has 0 saturated carbocycles. The summed E-state index contributed by atoms with van der Waals surface area (Å²) >= 11 is 0. The van der Waals surface area contributed by atoms with Crippen LogP contribution in [0, 0.1) is 5.82 Å². The topological polar surface area (TPSA) is 46.5 Å². The highest BCUT2D eigenvalue weighted by Crippen LogP contribution is 2.29. The Balaban J connectivity index is 1.94. The van der Waals surface area contributed by atoms with E-state index in [1.807, 2.05) is 30.3 Å². The Bertz CT molecular complexity index is 786. The zero-order valence-electron chi connectivity index (χ0n) is 19.0. The first-order valence-corrected chi connectivity index (χ1v) is 11.8. The maximum Gasteiger partial charge on any atom is 0.310 e. The molecule has 0 fully saturated rings. The molecule has 2 rings (SSSR count). The molecular formula is C27H37FO3. The average molecular weight is 429 g/mol. The quantitative estimate of drug-likeness (QED) is 0.292. The molecule has 1 N–H and O–H groups in total. The van der Waals surface area contributed by atoms with E-state index in [4.69, 9.17) is 4.74 Å². The summed E-state index contributed by atoms with van der Waals surface area (Å²) in [5, 5.41) is 9.56. The molecule has 0 aliphatic heterocycles. The number of aliphatic carboxylic acids is 1. The number of halogens is 1. The van der Waals surface area contributed by atoms with Crippen LogP contribution in [0.4, 0.5) is 4.39 Å². The summed E-state index contributed by atoms with van der Waals surface area (Å²) in [5.41, 5.74) is 2.42. The molecule has 1 atom stereocenters. The van der Waals surface area contributed by atoms with E-state index in [1.165, 1.54) is 31.7 Å². The van der Waals surface area contributed by atoms with Crippen LogP contribution in [0.1, 0.15) is 89.5 Å². The number of hydrogen-bond donors (Lipinski definition) is 1. The van der Waals surface area contributed by atoms with Gasteiger partial charge in [-0.25, -0.2) is 4.39 Å². The molecule has 0 aromatic heterocycles. The Labute approximate surface area is 186 Å². The number of carboxylic acid groups (broad SMARTS) is 1. The Morgan fingerprint density at radius 2 is 1.48 bits per heavy atom. The van der Waals surface area contributed by atoms with E-state index in [-0.39, 0.29) is 11.6 Å². The number of unbranched alkanes of at least 4 members (excludes halogenated alkanes) is 7.